The van der Waals surface area contributed by atoms with Gasteiger partial charge in [-0.05, 0) is 42.3 Å². The highest BCUT2D eigenvalue weighted by atomic mass is 16.2. The second-order valence-corrected chi connectivity index (χ2v) is 6.65. The van der Waals surface area contributed by atoms with Crippen molar-refractivity contribution in [1.82, 2.24) is 15.2 Å². The van der Waals surface area contributed by atoms with Gasteiger partial charge < -0.3 is 10.2 Å². The minimum atomic E-state index is -0.129. The summed E-state index contributed by atoms with van der Waals surface area (Å²) in [5.41, 5.74) is 4.18. The van der Waals surface area contributed by atoms with E-state index in [1.165, 1.54) is 5.56 Å². The number of benzene rings is 2. The van der Waals surface area contributed by atoms with Crippen molar-refractivity contribution in [3.05, 3.63) is 84.2 Å². The Balaban J connectivity index is 1.38. The number of carbonyl (C=O) groups excluding carboxylic acids is 1. The van der Waals surface area contributed by atoms with E-state index in [0.29, 0.717) is 18.1 Å². The van der Waals surface area contributed by atoms with Crippen LogP contribution in [-0.2, 0) is 6.42 Å². The third kappa shape index (κ3) is 2.85. The average molecular weight is 367 g/mol. The second-order valence-electron chi connectivity index (χ2n) is 6.65. The molecule has 3 heterocycles. The molecule has 0 radical (unpaired) electrons. The summed E-state index contributed by atoms with van der Waals surface area (Å²) in [6.07, 6.45) is 2.62. The highest BCUT2D eigenvalue weighted by Crippen LogP contribution is 2.29. The Morgan fingerprint density at radius 2 is 1.82 bits per heavy atom. The predicted octanol–water partition coefficient (Wildman–Crippen LogP) is 3.97. The number of carbonyl (C=O) groups is 1. The predicted molar refractivity (Wildman–Crippen MR) is 109 cm³/mol. The van der Waals surface area contributed by atoms with E-state index < -0.39 is 0 Å². The quantitative estimate of drug-likeness (QED) is 0.593. The number of nitrogens with zero attached hydrogens (tertiary/aromatic N) is 4. The van der Waals surface area contributed by atoms with E-state index in [-0.39, 0.29) is 5.91 Å². The van der Waals surface area contributed by atoms with E-state index in [2.05, 4.69) is 26.6 Å². The van der Waals surface area contributed by atoms with Crippen LogP contribution in [-0.4, -0.2) is 27.6 Å². The molecule has 6 heteroatoms. The molecule has 1 aliphatic rings. The number of nitrogens with one attached hydrogen (secondary N) is 1. The van der Waals surface area contributed by atoms with Gasteiger partial charge in [0.25, 0.3) is 5.91 Å². The van der Waals surface area contributed by atoms with Crippen molar-refractivity contribution in [2.75, 3.05) is 16.8 Å². The highest BCUT2D eigenvalue weighted by molar-refractivity contribution is 6.06. The lowest BCUT2D eigenvalue weighted by atomic mass is 10.2. The Labute approximate surface area is 161 Å². The van der Waals surface area contributed by atoms with Crippen molar-refractivity contribution >= 4 is 34.0 Å². The molecular weight excluding hydrogens is 350 g/mol. The molecule has 2 aromatic carbocycles. The maximum Gasteiger partial charge on any atom is 0.278 e. The van der Waals surface area contributed by atoms with Gasteiger partial charge in [-0.3, -0.25) is 9.78 Å². The zero-order chi connectivity index (χ0) is 18.9. The van der Waals surface area contributed by atoms with Gasteiger partial charge in [0.2, 0.25) is 0 Å². The molecule has 6 nitrogen and oxygen atoms in total. The van der Waals surface area contributed by atoms with Crippen LogP contribution in [0.15, 0.2) is 72.9 Å². The highest BCUT2D eigenvalue weighted by Gasteiger charge is 2.26. The molecule has 0 spiro atoms. The molecule has 0 saturated heterocycles. The molecule has 0 atom stereocenters. The first-order valence-corrected chi connectivity index (χ1v) is 9.14. The summed E-state index contributed by atoms with van der Waals surface area (Å²) >= 11 is 0. The molecule has 1 N–H and O–H groups in total. The van der Waals surface area contributed by atoms with E-state index in [1.807, 2.05) is 48.5 Å². The van der Waals surface area contributed by atoms with Crippen LogP contribution >= 0.6 is 0 Å². The lowest BCUT2D eigenvalue weighted by molar-refractivity contribution is 0.0983. The Morgan fingerprint density at radius 3 is 2.71 bits per heavy atom. The first-order chi connectivity index (χ1) is 13.8. The van der Waals surface area contributed by atoms with Crippen LogP contribution in [0.1, 0.15) is 16.1 Å². The fourth-order valence-electron chi connectivity index (χ4n) is 3.54. The number of rotatable bonds is 3. The summed E-state index contributed by atoms with van der Waals surface area (Å²) in [4.78, 5) is 19.0. The largest absolute Gasteiger partial charge is 0.337 e. The Bertz CT molecular complexity index is 1170. The lowest BCUT2D eigenvalue weighted by Crippen LogP contribution is -2.29. The molecule has 136 valence electrons. The van der Waals surface area contributed by atoms with Crippen molar-refractivity contribution in [2.24, 2.45) is 0 Å². The summed E-state index contributed by atoms with van der Waals surface area (Å²) in [5, 5.41) is 12.6. The van der Waals surface area contributed by atoms with E-state index in [4.69, 9.17) is 0 Å². The second kappa shape index (κ2) is 6.74. The zero-order valence-electron chi connectivity index (χ0n) is 15.0. The normalized spacial score (nSPS) is 12.8. The summed E-state index contributed by atoms with van der Waals surface area (Å²) in [6.45, 7) is 0.668. The lowest BCUT2D eigenvalue weighted by Gasteiger charge is -2.16. The van der Waals surface area contributed by atoms with Gasteiger partial charge in [0.1, 0.15) is 0 Å². The molecule has 4 aromatic rings. The maximum absolute atomic E-state index is 12.8. The molecule has 0 saturated carbocycles. The monoisotopic (exact) mass is 367 g/mol. The van der Waals surface area contributed by atoms with Gasteiger partial charge >= 0.3 is 0 Å². The van der Waals surface area contributed by atoms with Crippen molar-refractivity contribution in [3.8, 4) is 0 Å². The number of hydrogen-bond donors (Lipinski definition) is 1. The number of amides is 1. The molecule has 0 fully saturated rings. The fraction of sp³-hybridized carbons (Fsp3) is 0.0909. The molecule has 5 rings (SSSR count). The SMILES string of the molecule is O=C(c1ccc(Nc2cccc3cccnc23)nn1)N1CCc2ccccc21. The van der Waals surface area contributed by atoms with Gasteiger partial charge in [0, 0.05) is 23.8 Å². The van der Waals surface area contributed by atoms with Crippen molar-refractivity contribution in [1.29, 1.82) is 0 Å². The molecule has 0 unspecified atom stereocenters. The Morgan fingerprint density at radius 1 is 0.929 bits per heavy atom. The van der Waals surface area contributed by atoms with Crippen molar-refractivity contribution in [3.63, 3.8) is 0 Å². The van der Waals surface area contributed by atoms with Crippen LogP contribution in [0.5, 0.6) is 0 Å². The van der Waals surface area contributed by atoms with Gasteiger partial charge in [-0.1, -0.05) is 36.4 Å². The summed E-state index contributed by atoms with van der Waals surface area (Å²) < 4.78 is 0. The first kappa shape index (κ1) is 16.4. The number of para-hydroxylation sites is 2. The van der Waals surface area contributed by atoms with Gasteiger partial charge in [-0.2, -0.15) is 0 Å². The van der Waals surface area contributed by atoms with Gasteiger partial charge in [0.15, 0.2) is 11.5 Å². The molecule has 2 aromatic heterocycles. The first-order valence-electron chi connectivity index (χ1n) is 9.14. The molecule has 28 heavy (non-hydrogen) atoms. The van der Waals surface area contributed by atoms with E-state index in [0.717, 1.165) is 28.7 Å². The van der Waals surface area contributed by atoms with Crippen LogP contribution in [0.2, 0.25) is 0 Å². The van der Waals surface area contributed by atoms with Crippen LogP contribution in [0.4, 0.5) is 17.2 Å². The number of aromatic nitrogens is 3. The summed E-state index contributed by atoms with van der Waals surface area (Å²) in [7, 11) is 0. The van der Waals surface area contributed by atoms with Crippen LogP contribution in [0.3, 0.4) is 0 Å². The topological polar surface area (TPSA) is 71.0 Å². The summed E-state index contributed by atoms with van der Waals surface area (Å²) in [5.74, 6) is 0.437. The van der Waals surface area contributed by atoms with E-state index in [1.54, 1.807) is 23.2 Å². The molecular formula is C22H17N5O. The van der Waals surface area contributed by atoms with E-state index >= 15 is 0 Å². The Hall–Kier alpha value is -3.80. The molecule has 0 bridgehead atoms. The molecule has 1 aliphatic heterocycles. The smallest absolute Gasteiger partial charge is 0.278 e. The average Bonchev–Trinajstić information content (AvgIpc) is 3.18. The molecule has 1 amide bonds. The van der Waals surface area contributed by atoms with E-state index in [9.17, 15) is 4.79 Å². The zero-order valence-corrected chi connectivity index (χ0v) is 15.0. The third-order valence-corrected chi connectivity index (χ3v) is 4.91. The number of anilines is 3. The molecule has 0 aliphatic carbocycles. The minimum absolute atomic E-state index is 0.129. The summed E-state index contributed by atoms with van der Waals surface area (Å²) in [6, 6.07) is 21.3. The van der Waals surface area contributed by atoms with Gasteiger partial charge in [-0.25, -0.2) is 0 Å². The maximum atomic E-state index is 12.8. The minimum Gasteiger partial charge on any atom is -0.337 e. The number of pyridine rings is 1. The van der Waals surface area contributed by atoms with Crippen molar-refractivity contribution in [2.45, 2.75) is 6.42 Å². The Kier molecular flexibility index (Phi) is 3.94. The van der Waals surface area contributed by atoms with Crippen molar-refractivity contribution < 1.29 is 4.79 Å². The van der Waals surface area contributed by atoms with Crippen LogP contribution in [0, 0.1) is 0 Å². The third-order valence-electron chi connectivity index (χ3n) is 4.91. The van der Waals surface area contributed by atoms with Crippen LogP contribution in [0.25, 0.3) is 10.9 Å². The number of fused-ring (bicyclic) bond motifs is 2. The van der Waals surface area contributed by atoms with Gasteiger partial charge in [0.05, 0.1) is 11.2 Å². The van der Waals surface area contributed by atoms with Gasteiger partial charge in [-0.15, -0.1) is 10.2 Å². The fourth-order valence-corrected chi connectivity index (χ4v) is 3.54. The number of hydrogen-bond acceptors (Lipinski definition) is 5. The van der Waals surface area contributed by atoms with Crippen LogP contribution < -0.4 is 10.2 Å². The standard InChI is InChI=1S/C22H17N5O/c28-22(27-14-12-15-5-1-2-9-19(15)27)18-10-11-20(26-25-18)24-17-8-3-6-16-7-4-13-23-21(16)17/h1-11,13H,12,14H2,(H,24,26).